The van der Waals surface area contributed by atoms with E-state index in [1.165, 1.54) is 18.5 Å². The fourth-order valence-corrected chi connectivity index (χ4v) is 5.46. The van der Waals surface area contributed by atoms with Gasteiger partial charge in [0, 0.05) is 29.4 Å². The number of anilines is 2. The third-order valence-corrected chi connectivity index (χ3v) is 8.46. The van der Waals surface area contributed by atoms with Gasteiger partial charge in [0.25, 0.3) is 0 Å². The average molecular weight is 759 g/mol. The number of phosphoric acid groups is 1. The summed E-state index contributed by atoms with van der Waals surface area (Å²) in [5, 5.41) is 4.20. The summed E-state index contributed by atoms with van der Waals surface area (Å²) in [4.78, 5) is 40.0. The number of nitrogens with one attached hydrogen (secondary N) is 1. The van der Waals surface area contributed by atoms with Gasteiger partial charge in [-0.05, 0) is 66.2 Å². The molecule has 260 valence electrons. The molecule has 0 spiro atoms. The molecule has 0 atom stereocenters. The minimum absolute atomic E-state index is 0. The number of hydrogen-bond acceptors (Lipinski definition) is 11. The van der Waals surface area contributed by atoms with Crippen molar-refractivity contribution in [2.75, 3.05) is 30.7 Å². The van der Waals surface area contributed by atoms with Gasteiger partial charge >= 0.3 is 43.5 Å². The van der Waals surface area contributed by atoms with Crippen LogP contribution in [0.5, 0.6) is 5.75 Å². The van der Waals surface area contributed by atoms with E-state index in [1.54, 1.807) is 60.7 Å². The van der Waals surface area contributed by atoms with Crippen LogP contribution < -0.4 is 10.1 Å². The first-order valence-corrected chi connectivity index (χ1v) is 18.3. The van der Waals surface area contributed by atoms with Crippen LogP contribution in [0.2, 0.25) is 5.02 Å². The van der Waals surface area contributed by atoms with E-state index >= 15 is 0 Å². The monoisotopic (exact) mass is 758 g/mol. The fourth-order valence-electron chi connectivity index (χ4n) is 4.48. The molecule has 0 radical (unpaired) electrons. The van der Waals surface area contributed by atoms with Crippen LogP contribution in [-0.2, 0) is 36.8 Å². The number of ether oxygens (including phenoxy) is 2. The molecule has 0 unspecified atom stereocenters. The zero-order chi connectivity index (χ0) is 35.2. The molecule has 0 saturated heterocycles. The zero-order valence-corrected chi connectivity index (χ0v) is 28.1. The van der Waals surface area contributed by atoms with Gasteiger partial charge in [0.15, 0.2) is 0 Å². The van der Waals surface area contributed by atoms with Crippen molar-refractivity contribution in [1.82, 2.24) is 14.9 Å². The summed E-state index contributed by atoms with van der Waals surface area (Å²) in [7, 11) is -8.37. The van der Waals surface area contributed by atoms with Gasteiger partial charge in [-0.25, -0.2) is 36.7 Å². The predicted octanol–water partition coefficient (Wildman–Crippen LogP) is 5.41. The average Bonchev–Trinajstić information content (AvgIpc) is 3.50. The standard InChI is InChI=1S/C31H29ClFN4O10PS.Na.H/c1-49(42,43)12-11-37(31(38)45-19-46-48(39,40)41)16-24-7-10-28(47-24)21-5-8-27-25(14-21)30(35-18-34-27)36-23-6-9-29(26(32)15-23)44-17-20-3-2-4-22(33)13-20;;/h2-10,13-15,18H,11-12,16-17,19H2,1H3,(H,34,35,36)(H2,39,40,41);;. The third-order valence-electron chi connectivity index (χ3n) is 6.80. The summed E-state index contributed by atoms with van der Waals surface area (Å²) < 4.78 is 68.5. The van der Waals surface area contributed by atoms with Gasteiger partial charge in [-0.1, -0.05) is 23.7 Å². The van der Waals surface area contributed by atoms with Crippen molar-refractivity contribution < 1.29 is 50.4 Å². The van der Waals surface area contributed by atoms with E-state index in [0.29, 0.717) is 50.1 Å². The van der Waals surface area contributed by atoms with Gasteiger partial charge < -0.3 is 29.0 Å². The first kappa shape index (κ1) is 39.2. The Labute approximate surface area is 313 Å². The molecule has 19 heteroatoms. The maximum absolute atomic E-state index is 13.5. The van der Waals surface area contributed by atoms with Crippen LogP contribution in [0.1, 0.15) is 11.3 Å². The molecule has 0 aliphatic heterocycles. The molecule has 14 nitrogen and oxygen atoms in total. The quantitative estimate of drug-likeness (QED) is 0.0741. The topological polar surface area (TPSA) is 191 Å². The molecule has 0 fully saturated rings. The maximum atomic E-state index is 13.5. The zero-order valence-electron chi connectivity index (χ0n) is 25.7. The molecule has 5 aromatic rings. The molecular weight excluding hydrogens is 729 g/mol. The molecule has 1 amide bonds. The summed E-state index contributed by atoms with van der Waals surface area (Å²) in [6.07, 6.45) is 1.34. The summed E-state index contributed by atoms with van der Waals surface area (Å²) in [6.45, 7) is -1.40. The van der Waals surface area contributed by atoms with Crippen molar-refractivity contribution in [2.45, 2.75) is 13.2 Å². The summed E-state index contributed by atoms with van der Waals surface area (Å²) >= 11 is 6.48. The number of furan rings is 1. The summed E-state index contributed by atoms with van der Waals surface area (Å²) in [6, 6.07) is 19.8. The Morgan fingerprint density at radius 2 is 1.88 bits per heavy atom. The molecule has 3 N–H and O–H groups in total. The van der Waals surface area contributed by atoms with Gasteiger partial charge in [-0.2, -0.15) is 0 Å². The third kappa shape index (κ3) is 11.5. The number of amides is 1. The number of halogens is 2. The van der Waals surface area contributed by atoms with E-state index < -0.39 is 36.3 Å². The van der Waals surface area contributed by atoms with Crippen molar-refractivity contribution in [2.24, 2.45) is 0 Å². The Hall–Kier alpha value is -3.57. The summed E-state index contributed by atoms with van der Waals surface area (Å²) in [5.74, 6) is 0.810. The molecule has 0 bridgehead atoms. The number of carbonyl (C=O) groups excluding carboxylic acids is 1. The first-order valence-electron chi connectivity index (χ1n) is 14.3. The predicted molar refractivity (Wildman–Crippen MR) is 184 cm³/mol. The molecule has 0 saturated carbocycles. The Kier molecular flexibility index (Phi) is 13.4. The minimum atomic E-state index is -4.90. The van der Waals surface area contributed by atoms with Crippen molar-refractivity contribution in [3.05, 3.63) is 101 Å². The van der Waals surface area contributed by atoms with Crippen LogP contribution in [0.4, 0.5) is 20.7 Å². The number of phosphoric ester groups is 1. The number of carbonyl (C=O) groups is 1. The molecule has 3 aromatic carbocycles. The van der Waals surface area contributed by atoms with E-state index in [0.717, 1.165) is 11.2 Å². The van der Waals surface area contributed by atoms with Gasteiger partial charge in [0.1, 0.15) is 51.7 Å². The van der Waals surface area contributed by atoms with Gasteiger partial charge in [0.05, 0.1) is 22.8 Å². The molecule has 5 rings (SSSR count). The van der Waals surface area contributed by atoms with Crippen molar-refractivity contribution >= 4 is 87.3 Å². The number of nitrogens with zero attached hydrogens (tertiary/aromatic N) is 3. The first-order chi connectivity index (χ1) is 23.2. The van der Waals surface area contributed by atoms with E-state index in [4.69, 9.17) is 35.3 Å². The van der Waals surface area contributed by atoms with Crippen LogP contribution in [-0.4, -0.2) is 94.1 Å². The number of rotatable bonds is 14. The van der Waals surface area contributed by atoms with Crippen LogP contribution in [0.15, 0.2) is 83.5 Å². The fraction of sp³-hybridized carbons (Fsp3) is 0.194. The number of aromatic nitrogens is 2. The van der Waals surface area contributed by atoms with Crippen molar-refractivity contribution in [1.29, 1.82) is 0 Å². The Morgan fingerprint density at radius 3 is 2.60 bits per heavy atom. The van der Waals surface area contributed by atoms with Crippen LogP contribution in [0.3, 0.4) is 0 Å². The molecule has 0 aliphatic carbocycles. The van der Waals surface area contributed by atoms with E-state index in [1.807, 2.05) is 0 Å². The van der Waals surface area contributed by atoms with Crippen molar-refractivity contribution in [3.8, 4) is 17.1 Å². The molecule has 2 aromatic heterocycles. The van der Waals surface area contributed by atoms with Gasteiger partial charge in [-0.3, -0.25) is 4.90 Å². The second-order valence-electron chi connectivity index (χ2n) is 10.6. The van der Waals surface area contributed by atoms with Gasteiger partial charge in [-0.15, -0.1) is 0 Å². The number of hydrogen-bond donors (Lipinski definition) is 3. The summed E-state index contributed by atoms with van der Waals surface area (Å²) in [5.41, 5.74) is 2.53. The van der Waals surface area contributed by atoms with E-state index in [9.17, 15) is 22.2 Å². The number of fused-ring (bicyclic) bond motifs is 1. The number of sulfone groups is 1. The molecule has 50 heavy (non-hydrogen) atoms. The van der Waals surface area contributed by atoms with Crippen LogP contribution in [0, 0.1) is 5.82 Å². The Morgan fingerprint density at radius 1 is 1.08 bits per heavy atom. The van der Waals surface area contributed by atoms with Crippen molar-refractivity contribution in [3.63, 3.8) is 0 Å². The molecule has 0 aliphatic rings. The Bertz CT molecular complexity index is 2140. The number of benzene rings is 3. The Balaban J connectivity index is 0.00000562. The second-order valence-corrected chi connectivity index (χ2v) is 14.5. The molecular formula is C31H30ClFN4NaO10PS. The van der Waals surface area contributed by atoms with E-state index in [-0.39, 0.29) is 60.8 Å². The van der Waals surface area contributed by atoms with Crippen LogP contribution in [0.25, 0.3) is 22.2 Å². The normalized spacial score (nSPS) is 11.5. The molecule has 2 heterocycles. The van der Waals surface area contributed by atoms with Crippen LogP contribution >= 0.6 is 19.4 Å². The van der Waals surface area contributed by atoms with Gasteiger partial charge in [0.2, 0.25) is 6.79 Å². The SMILES string of the molecule is CS(=O)(=O)CCN(Cc1ccc(-c2ccc3ncnc(Nc4ccc(OCc5cccc(F)c5)c(Cl)c4)c3c2)o1)C(=O)OCOP(=O)(O)O.[NaH]. The van der Waals surface area contributed by atoms with E-state index in [2.05, 4.69) is 19.8 Å². The second kappa shape index (κ2) is 17.1.